The Labute approximate surface area is 104 Å². The quantitative estimate of drug-likeness (QED) is 0.816. The number of alkyl halides is 1. The number of hydrogen-bond acceptors (Lipinski definition) is 4. The van der Waals surface area contributed by atoms with Gasteiger partial charge in [0.05, 0.1) is 12.8 Å². The Morgan fingerprint density at radius 2 is 2.06 bits per heavy atom. The van der Waals surface area contributed by atoms with E-state index in [1.54, 1.807) is 22.9 Å². The average molecular weight is 279 g/mol. The van der Waals surface area contributed by atoms with Crippen molar-refractivity contribution < 1.29 is 17.9 Å². The molecule has 0 unspecified atom stereocenters. The topological polar surface area (TPSA) is 84.5 Å². The maximum atomic E-state index is 11.5. The van der Waals surface area contributed by atoms with Crippen LogP contribution in [0.3, 0.4) is 0 Å². The van der Waals surface area contributed by atoms with Crippen molar-refractivity contribution in [1.82, 2.24) is 4.72 Å². The summed E-state index contributed by atoms with van der Waals surface area (Å²) in [5.74, 6) is 0.150. The zero-order valence-electron chi connectivity index (χ0n) is 8.94. The van der Waals surface area contributed by atoms with Crippen LogP contribution in [0.1, 0.15) is 5.56 Å². The SMILES string of the molecule is COC(=O)NS(=O)(=O)Nc1ccccc1CCl. The number of ether oxygens (including phenoxy) is 1. The van der Waals surface area contributed by atoms with Crippen LogP contribution in [-0.2, 0) is 20.8 Å². The number of rotatable bonds is 4. The molecule has 0 aromatic heterocycles. The van der Waals surface area contributed by atoms with E-state index in [0.29, 0.717) is 11.3 Å². The third kappa shape index (κ3) is 4.12. The summed E-state index contributed by atoms with van der Waals surface area (Å²) in [6, 6.07) is 6.58. The Hall–Kier alpha value is -1.47. The molecule has 0 aliphatic rings. The molecule has 0 fully saturated rings. The standard InChI is InChI=1S/C9H11ClN2O4S/c1-16-9(13)12-17(14,15)11-8-5-3-2-4-7(8)6-10/h2-5,11H,6H2,1H3,(H,12,13). The average Bonchev–Trinajstić information content (AvgIpc) is 2.28. The minimum atomic E-state index is -4.01. The Morgan fingerprint density at radius 3 is 2.65 bits per heavy atom. The van der Waals surface area contributed by atoms with E-state index in [1.165, 1.54) is 6.07 Å². The van der Waals surface area contributed by atoms with Gasteiger partial charge in [-0.1, -0.05) is 18.2 Å². The molecule has 2 N–H and O–H groups in total. The van der Waals surface area contributed by atoms with Gasteiger partial charge in [0.15, 0.2) is 0 Å². The largest absolute Gasteiger partial charge is 0.452 e. The maximum absolute atomic E-state index is 11.5. The summed E-state index contributed by atoms with van der Waals surface area (Å²) >= 11 is 5.65. The molecule has 0 saturated heterocycles. The minimum Gasteiger partial charge on any atom is -0.452 e. The van der Waals surface area contributed by atoms with E-state index in [1.807, 2.05) is 0 Å². The minimum absolute atomic E-state index is 0.150. The predicted molar refractivity (Wildman–Crippen MR) is 64.1 cm³/mol. The van der Waals surface area contributed by atoms with Gasteiger partial charge in [-0.3, -0.25) is 4.72 Å². The predicted octanol–water partition coefficient (Wildman–Crippen LogP) is 1.44. The number of halogens is 1. The first-order valence-electron chi connectivity index (χ1n) is 4.51. The molecule has 94 valence electrons. The number of amides is 1. The van der Waals surface area contributed by atoms with Gasteiger partial charge >= 0.3 is 16.3 Å². The molecule has 0 radical (unpaired) electrons. The molecule has 0 bridgehead atoms. The molecular weight excluding hydrogens is 268 g/mol. The van der Waals surface area contributed by atoms with Crippen molar-refractivity contribution in [1.29, 1.82) is 0 Å². The molecule has 0 saturated carbocycles. The van der Waals surface area contributed by atoms with Crippen LogP contribution < -0.4 is 9.44 Å². The normalized spacial score (nSPS) is 10.7. The Balaban J connectivity index is 2.86. The van der Waals surface area contributed by atoms with Crippen molar-refractivity contribution >= 4 is 33.6 Å². The third-order valence-electron chi connectivity index (χ3n) is 1.81. The second-order valence-corrected chi connectivity index (χ2v) is 4.67. The van der Waals surface area contributed by atoms with Crippen LogP contribution in [0.2, 0.25) is 0 Å². The highest BCUT2D eigenvalue weighted by molar-refractivity contribution is 7.91. The van der Waals surface area contributed by atoms with Crippen molar-refractivity contribution in [2.24, 2.45) is 0 Å². The first-order chi connectivity index (χ1) is 7.98. The molecule has 0 spiro atoms. The zero-order valence-corrected chi connectivity index (χ0v) is 10.5. The van der Waals surface area contributed by atoms with Crippen LogP contribution in [0.15, 0.2) is 24.3 Å². The first-order valence-corrected chi connectivity index (χ1v) is 6.52. The van der Waals surface area contributed by atoms with E-state index in [2.05, 4.69) is 9.46 Å². The van der Waals surface area contributed by atoms with E-state index in [4.69, 9.17) is 11.6 Å². The first kappa shape index (κ1) is 13.6. The van der Waals surface area contributed by atoms with E-state index in [0.717, 1.165) is 7.11 Å². The second kappa shape index (κ2) is 5.74. The fourth-order valence-electron chi connectivity index (χ4n) is 1.06. The highest BCUT2D eigenvalue weighted by Crippen LogP contribution is 2.17. The molecule has 8 heteroatoms. The van der Waals surface area contributed by atoms with Gasteiger partial charge in [0, 0.05) is 5.88 Å². The van der Waals surface area contributed by atoms with E-state index >= 15 is 0 Å². The molecule has 1 amide bonds. The van der Waals surface area contributed by atoms with Gasteiger partial charge in [0.25, 0.3) is 0 Å². The van der Waals surface area contributed by atoms with Crippen molar-refractivity contribution in [2.75, 3.05) is 11.8 Å². The highest BCUT2D eigenvalue weighted by atomic mass is 35.5. The van der Waals surface area contributed by atoms with Gasteiger partial charge in [0.2, 0.25) is 0 Å². The highest BCUT2D eigenvalue weighted by Gasteiger charge is 2.15. The van der Waals surface area contributed by atoms with Gasteiger partial charge in [0.1, 0.15) is 0 Å². The number of carbonyl (C=O) groups is 1. The number of anilines is 1. The summed E-state index contributed by atoms with van der Waals surface area (Å²) < 4.78 is 31.0. The lowest BCUT2D eigenvalue weighted by Crippen LogP contribution is -2.35. The van der Waals surface area contributed by atoms with Crippen LogP contribution in [-0.4, -0.2) is 21.6 Å². The fraction of sp³-hybridized carbons (Fsp3) is 0.222. The van der Waals surface area contributed by atoms with E-state index in [-0.39, 0.29) is 5.88 Å². The van der Waals surface area contributed by atoms with E-state index in [9.17, 15) is 13.2 Å². The van der Waals surface area contributed by atoms with Crippen molar-refractivity contribution in [3.8, 4) is 0 Å². The number of benzene rings is 1. The lowest BCUT2D eigenvalue weighted by atomic mass is 10.2. The Bertz CT molecular complexity index is 503. The summed E-state index contributed by atoms with van der Waals surface area (Å²) in [5.41, 5.74) is 0.906. The van der Waals surface area contributed by atoms with Gasteiger partial charge in [-0.25, -0.2) is 9.52 Å². The van der Waals surface area contributed by atoms with Crippen LogP contribution in [0.5, 0.6) is 0 Å². The number of para-hydroxylation sites is 1. The lowest BCUT2D eigenvalue weighted by molar-refractivity contribution is 0.177. The molecule has 0 heterocycles. The smallest absolute Gasteiger partial charge is 0.422 e. The molecule has 1 aromatic carbocycles. The lowest BCUT2D eigenvalue weighted by Gasteiger charge is -2.10. The van der Waals surface area contributed by atoms with Crippen molar-refractivity contribution in [2.45, 2.75) is 5.88 Å². The summed E-state index contributed by atoms with van der Waals surface area (Å²) in [7, 11) is -2.94. The molecule has 17 heavy (non-hydrogen) atoms. The van der Waals surface area contributed by atoms with Gasteiger partial charge in [-0.15, -0.1) is 11.6 Å². The van der Waals surface area contributed by atoms with Gasteiger partial charge < -0.3 is 4.74 Å². The fourth-order valence-corrected chi connectivity index (χ4v) is 2.13. The molecule has 6 nitrogen and oxygen atoms in total. The summed E-state index contributed by atoms with van der Waals surface area (Å²) in [6.45, 7) is 0. The van der Waals surface area contributed by atoms with Gasteiger partial charge in [-0.05, 0) is 11.6 Å². The summed E-state index contributed by atoms with van der Waals surface area (Å²) in [5, 5.41) is 0. The number of nitrogens with one attached hydrogen (secondary N) is 2. The third-order valence-corrected chi connectivity index (χ3v) is 3.02. The molecule has 1 aromatic rings. The van der Waals surface area contributed by atoms with Crippen LogP contribution >= 0.6 is 11.6 Å². The summed E-state index contributed by atoms with van der Waals surface area (Å²) in [6.07, 6.45) is -1.07. The molecular formula is C9H11ClN2O4S. The number of hydrogen-bond donors (Lipinski definition) is 2. The van der Waals surface area contributed by atoms with Crippen LogP contribution in [0.4, 0.5) is 10.5 Å². The van der Waals surface area contributed by atoms with Crippen LogP contribution in [0.25, 0.3) is 0 Å². The molecule has 0 aliphatic carbocycles. The van der Waals surface area contributed by atoms with Crippen molar-refractivity contribution in [3.05, 3.63) is 29.8 Å². The number of carbonyl (C=O) groups excluding carboxylic acids is 1. The Morgan fingerprint density at radius 1 is 1.41 bits per heavy atom. The maximum Gasteiger partial charge on any atom is 0.422 e. The monoisotopic (exact) mass is 278 g/mol. The number of methoxy groups -OCH3 is 1. The molecule has 0 aliphatic heterocycles. The van der Waals surface area contributed by atoms with Crippen molar-refractivity contribution in [3.63, 3.8) is 0 Å². The Kier molecular flexibility index (Phi) is 4.59. The second-order valence-electron chi connectivity index (χ2n) is 2.99. The zero-order chi connectivity index (χ0) is 12.9. The summed E-state index contributed by atoms with van der Waals surface area (Å²) in [4.78, 5) is 10.8. The molecule has 1 rings (SSSR count). The molecule has 0 atom stereocenters. The van der Waals surface area contributed by atoms with Crippen LogP contribution in [0, 0.1) is 0 Å². The van der Waals surface area contributed by atoms with Gasteiger partial charge in [-0.2, -0.15) is 8.42 Å². The van der Waals surface area contributed by atoms with E-state index < -0.39 is 16.3 Å².